The van der Waals surface area contributed by atoms with E-state index in [1.165, 1.54) is 36.4 Å². The Labute approximate surface area is 318 Å². The van der Waals surface area contributed by atoms with Crippen LogP contribution in [-0.4, -0.2) is 57.0 Å². The monoisotopic (exact) mass is 800 g/mol. The quantitative estimate of drug-likeness (QED) is 0.0605. The number of halogens is 4. The highest BCUT2D eigenvalue weighted by Crippen LogP contribution is 2.38. The van der Waals surface area contributed by atoms with E-state index in [2.05, 4.69) is 4.74 Å². The van der Waals surface area contributed by atoms with E-state index in [9.17, 15) is 32.3 Å². The van der Waals surface area contributed by atoms with Crippen LogP contribution >= 0.6 is 23.2 Å². The minimum Gasteiger partial charge on any atom is -0.619 e. The Hall–Kier alpha value is -3.76. The van der Waals surface area contributed by atoms with Gasteiger partial charge in [-0.2, -0.15) is 17.8 Å². The maximum Gasteiger partial charge on any atom is 0.387 e. The van der Waals surface area contributed by atoms with Gasteiger partial charge in [0.1, 0.15) is 34.0 Å². The average Bonchev–Trinajstić information content (AvgIpc) is 3.99. The normalized spacial score (nSPS) is 15.6. The first-order valence-electron chi connectivity index (χ1n) is 16.9. The van der Waals surface area contributed by atoms with Crippen LogP contribution in [0.5, 0.6) is 17.2 Å². The fraction of sp³-hybridized carbons (Fsp3) is 0.472. The van der Waals surface area contributed by atoms with Gasteiger partial charge in [0.15, 0.2) is 23.9 Å². The van der Waals surface area contributed by atoms with Crippen molar-refractivity contribution in [1.29, 1.82) is 0 Å². The lowest BCUT2D eigenvalue weighted by atomic mass is 10.0. The summed E-state index contributed by atoms with van der Waals surface area (Å²) in [6, 6.07) is 8.59. The largest absolute Gasteiger partial charge is 0.619 e. The summed E-state index contributed by atoms with van der Waals surface area (Å²) in [6.45, 7) is 1.87. The molecule has 2 unspecified atom stereocenters. The second kappa shape index (κ2) is 17.6. The van der Waals surface area contributed by atoms with Crippen molar-refractivity contribution in [3.63, 3.8) is 0 Å². The Kier molecular flexibility index (Phi) is 13.4. The molecule has 1 N–H and O–H groups in total. The third-order valence-electron chi connectivity index (χ3n) is 8.19. The van der Waals surface area contributed by atoms with Crippen LogP contribution in [0.1, 0.15) is 79.6 Å². The standard InChI is InChI=1S/C36H40Cl2F2N2O10S/c1-36(2,3)52-33(43)18-42(53(46)47)15-25-9-8-24(13-30(25)48-19-21-4-5-21)34(44)50-31(14-26-27(37)16-41(45)17-28(26)38)23-10-11-29(51-35(39)40)32(12-23)49-20-22-6-7-22/h8-13,16-17,21-22,31,35H,4-7,14-15,18-20H2,1-3H3,(H,46,47). The molecule has 5 rings (SSSR count). The van der Waals surface area contributed by atoms with Gasteiger partial charge in [0.05, 0.1) is 18.8 Å². The minimum absolute atomic E-state index is 0.00808. The maximum absolute atomic E-state index is 13.9. The Balaban J connectivity index is 1.45. The zero-order valence-electron chi connectivity index (χ0n) is 29.2. The van der Waals surface area contributed by atoms with Crippen LogP contribution in [0.15, 0.2) is 48.8 Å². The number of aromatic nitrogens is 1. The molecule has 17 heteroatoms. The van der Waals surface area contributed by atoms with E-state index >= 15 is 0 Å². The molecule has 2 fully saturated rings. The number of rotatable bonds is 18. The Bertz CT molecular complexity index is 1800. The summed E-state index contributed by atoms with van der Waals surface area (Å²) in [6.07, 6.45) is 4.77. The molecule has 1 heterocycles. The van der Waals surface area contributed by atoms with Crippen LogP contribution in [0.3, 0.4) is 0 Å². The van der Waals surface area contributed by atoms with Crippen LogP contribution < -0.4 is 18.9 Å². The van der Waals surface area contributed by atoms with Crippen molar-refractivity contribution in [3.8, 4) is 17.2 Å². The van der Waals surface area contributed by atoms with Gasteiger partial charge in [-0.05, 0) is 88.1 Å². The van der Waals surface area contributed by atoms with E-state index in [1.807, 2.05) is 0 Å². The first-order valence-corrected chi connectivity index (χ1v) is 18.7. The summed E-state index contributed by atoms with van der Waals surface area (Å²) in [4.78, 5) is 26.4. The molecule has 288 valence electrons. The summed E-state index contributed by atoms with van der Waals surface area (Å²) in [5, 5.41) is 12.0. The van der Waals surface area contributed by atoms with Gasteiger partial charge in [-0.3, -0.25) is 9.35 Å². The summed E-state index contributed by atoms with van der Waals surface area (Å²) in [7, 11) is 0. The molecule has 1 aromatic heterocycles. The first kappa shape index (κ1) is 40.4. The number of pyridine rings is 1. The molecule has 0 radical (unpaired) electrons. The number of hydrogen-bond acceptors (Lipinski definition) is 9. The average molecular weight is 802 g/mol. The van der Waals surface area contributed by atoms with Gasteiger partial charge in [0.25, 0.3) is 0 Å². The van der Waals surface area contributed by atoms with Gasteiger partial charge in [0.2, 0.25) is 11.3 Å². The van der Waals surface area contributed by atoms with Crippen molar-refractivity contribution in [2.24, 2.45) is 11.8 Å². The zero-order chi connectivity index (χ0) is 38.4. The van der Waals surface area contributed by atoms with Crippen molar-refractivity contribution in [2.45, 2.75) is 77.7 Å². The van der Waals surface area contributed by atoms with Crippen LogP contribution in [0.25, 0.3) is 0 Å². The fourth-order valence-corrected chi connectivity index (χ4v) is 6.24. The van der Waals surface area contributed by atoms with Crippen molar-refractivity contribution in [3.05, 3.63) is 86.3 Å². The highest BCUT2D eigenvalue weighted by atomic mass is 35.5. The number of esters is 2. The predicted molar refractivity (Wildman–Crippen MR) is 190 cm³/mol. The third kappa shape index (κ3) is 12.4. The summed E-state index contributed by atoms with van der Waals surface area (Å²) >= 11 is 10.2. The molecule has 0 spiro atoms. The molecule has 0 amide bonds. The van der Waals surface area contributed by atoms with Gasteiger partial charge >= 0.3 is 18.6 Å². The van der Waals surface area contributed by atoms with Gasteiger partial charge in [-0.1, -0.05) is 35.3 Å². The molecule has 12 nitrogen and oxygen atoms in total. The van der Waals surface area contributed by atoms with Crippen molar-refractivity contribution in [2.75, 3.05) is 19.8 Å². The summed E-state index contributed by atoms with van der Waals surface area (Å²) in [5.74, 6) is -0.857. The molecule has 2 aliphatic rings. The van der Waals surface area contributed by atoms with E-state index in [-0.39, 0.29) is 63.9 Å². The van der Waals surface area contributed by atoms with Crippen molar-refractivity contribution in [1.82, 2.24) is 4.31 Å². The van der Waals surface area contributed by atoms with Gasteiger partial charge in [0, 0.05) is 24.1 Å². The number of carbonyl (C=O) groups excluding carboxylic acids is 2. The lowest BCUT2D eigenvalue weighted by Crippen LogP contribution is -2.35. The summed E-state index contributed by atoms with van der Waals surface area (Å²) in [5.41, 5.74) is 0.295. The fourth-order valence-electron chi connectivity index (χ4n) is 5.17. The van der Waals surface area contributed by atoms with Gasteiger partial charge in [-0.25, -0.2) is 9.00 Å². The van der Waals surface area contributed by atoms with Crippen molar-refractivity contribution >= 4 is 46.4 Å². The number of alkyl halides is 2. The molecule has 2 aromatic carbocycles. The zero-order valence-corrected chi connectivity index (χ0v) is 31.6. The minimum atomic E-state index is -3.11. The molecule has 0 saturated heterocycles. The predicted octanol–water partition coefficient (Wildman–Crippen LogP) is 7.23. The lowest BCUT2D eigenvalue weighted by Gasteiger charge is -2.23. The molecular formula is C36H40Cl2F2N2O10S. The molecule has 2 aliphatic carbocycles. The van der Waals surface area contributed by atoms with E-state index in [0.717, 1.165) is 42.4 Å². The second-order valence-corrected chi connectivity index (χ2v) is 15.7. The maximum atomic E-state index is 13.9. The third-order valence-corrected chi connectivity index (χ3v) is 9.54. The Morgan fingerprint density at radius 1 is 0.981 bits per heavy atom. The molecular weight excluding hydrogens is 761 g/mol. The van der Waals surface area contributed by atoms with E-state index in [4.69, 9.17) is 42.1 Å². The first-order chi connectivity index (χ1) is 25.0. The highest BCUT2D eigenvalue weighted by Gasteiger charge is 2.29. The number of hydrogen-bond donors (Lipinski definition) is 1. The lowest BCUT2D eigenvalue weighted by molar-refractivity contribution is -0.605. The van der Waals surface area contributed by atoms with Gasteiger partial charge < -0.3 is 28.9 Å². The second-order valence-electron chi connectivity index (χ2n) is 13.9. The Morgan fingerprint density at radius 3 is 2.17 bits per heavy atom. The van der Waals surface area contributed by atoms with E-state index in [0.29, 0.717) is 28.4 Å². The smallest absolute Gasteiger partial charge is 0.387 e. The molecule has 3 aromatic rings. The SMILES string of the molecule is CC(C)(C)OC(=O)CN(Cc1ccc(C(=O)OC(Cc2c(Cl)c[n+]([O-])cc2Cl)c2ccc(OC(F)F)c(OCC3CC3)c2)cc1OCC1CC1)S(=O)O. The van der Waals surface area contributed by atoms with Crippen LogP contribution in [0.4, 0.5) is 8.78 Å². The van der Waals surface area contributed by atoms with Crippen LogP contribution in [0, 0.1) is 17.0 Å². The molecule has 53 heavy (non-hydrogen) atoms. The topological polar surface area (TPSA) is 148 Å². The number of benzene rings is 2. The van der Waals surface area contributed by atoms with Crippen LogP contribution in [-0.2, 0) is 38.5 Å². The Morgan fingerprint density at radius 2 is 1.60 bits per heavy atom. The number of ether oxygens (including phenoxy) is 5. The van der Waals surface area contributed by atoms with E-state index in [1.54, 1.807) is 20.8 Å². The molecule has 2 saturated carbocycles. The number of nitrogens with zero attached hydrogens (tertiary/aromatic N) is 2. The molecule has 2 atom stereocenters. The van der Waals surface area contributed by atoms with Crippen LogP contribution in [0.2, 0.25) is 10.0 Å². The molecule has 0 bridgehead atoms. The highest BCUT2D eigenvalue weighted by molar-refractivity contribution is 7.76. The van der Waals surface area contributed by atoms with Crippen molar-refractivity contribution < 1.29 is 55.5 Å². The van der Waals surface area contributed by atoms with Gasteiger partial charge in [-0.15, -0.1) is 0 Å². The summed E-state index contributed by atoms with van der Waals surface area (Å²) < 4.78 is 78.1. The molecule has 0 aliphatic heterocycles. The van der Waals surface area contributed by atoms with E-state index < -0.39 is 48.1 Å². The number of carbonyl (C=O) groups is 2.